The van der Waals surface area contributed by atoms with Crippen molar-refractivity contribution in [2.24, 2.45) is 5.92 Å². The SMILES string of the molecule is O=C(NC1CCS(=O)(=O)C1)C1CCS(=O)(=O)CC1. The Kier molecular flexibility index (Phi) is 3.68. The fourth-order valence-electron chi connectivity index (χ4n) is 2.38. The zero-order valence-electron chi connectivity index (χ0n) is 9.96. The Labute approximate surface area is 107 Å². The number of hydrogen-bond donors (Lipinski definition) is 1. The Balaban J connectivity index is 1.86. The van der Waals surface area contributed by atoms with Crippen molar-refractivity contribution < 1.29 is 21.6 Å². The Morgan fingerprint density at radius 1 is 0.889 bits per heavy atom. The van der Waals surface area contributed by atoms with E-state index < -0.39 is 19.7 Å². The lowest BCUT2D eigenvalue weighted by atomic mass is 10.0. The number of carbonyl (C=O) groups excluding carboxylic acids is 1. The van der Waals surface area contributed by atoms with Crippen LogP contribution in [0.5, 0.6) is 0 Å². The summed E-state index contributed by atoms with van der Waals surface area (Å²) in [5.74, 6) is -0.271. The molecule has 0 saturated carbocycles. The monoisotopic (exact) mass is 295 g/mol. The van der Waals surface area contributed by atoms with Gasteiger partial charge in [0.25, 0.3) is 0 Å². The summed E-state index contributed by atoms with van der Waals surface area (Å²) < 4.78 is 45.0. The zero-order valence-corrected chi connectivity index (χ0v) is 11.6. The van der Waals surface area contributed by atoms with Gasteiger partial charge in [-0.1, -0.05) is 0 Å². The lowest BCUT2D eigenvalue weighted by molar-refractivity contribution is -0.125. The van der Waals surface area contributed by atoms with Crippen molar-refractivity contribution in [1.82, 2.24) is 5.32 Å². The van der Waals surface area contributed by atoms with E-state index in [-0.39, 0.29) is 40.9 Å². The molecule has 1 N–H and O–H groups in total. The number of rotatable bonds is 2. The predicted octanol–water partition coefficient (Wildman–Crippen LogP) is -0.885. The van der Waals surface area contributed by atoms with Gasteiger partial charge < -0.3 is 5.32 Å². The molecule has 0 aromatic rings. The molecule has 6 nitrogen and oxygen atoms in total. The topological polar surface area (TPSA) is 97.4 Å². The van der Waals surface area contributed by atoms with Crippen LogP contribution in [-0.2, 0) is 24.5 Å². The van der Waals surface area contributed by atoms with E-state index >= 15 is 0 Å². The summed E-state index contributed by atoms with van der Waals surface area (Å²) >= 11 is 0. The van der Waals surface area contributed by atoms with Gasteiger partial charge in [0.1, 0.15) is 9.84 Å². The molecule has 0 bridgehead atoms. The highest BCUT2D eigenvalue weighted by Gasteiger charge is 2.33. The molecule has 2 saturated heterocycles. The van der Waals surface area contributed by atoms with Gasteiger partial charge in [-0.25, -0.2) is 16.8 Å². The van der Waals surface area contributed by atoms with E-state index in [9.17, 15) is 21.6 Å². The zero-order chi connectivity index (χ0) is 13.4. The number of sulfone groups is 2. The van der Waals surface area contributed by atoms with E-state index in [0.717, 1.165) is 0 Å². The number of hydrogen-bond acceptors (Lipinski definition) is 5. The van der Waals surface area contributed by atoms with E-state index in [1.54, 1.807) is 0 Å². The average Bonchev–Trinajstić information content (AvgIpc) is 2.57. The van der Waals surface area contributed by atoms with Gasteiger partial charge in [0.05, 0.1) is 23.0 Å². The number of carbonyl (C=O) groups is 1. The number of amides is 1. The largest absolute Gasteiger partial charge is 0.352 e. The first kappa shape index (κ1) is 13.8. The molecule has 0 aliphatic carbocycles. The highest BCUT2D eigenvalue weighted by molar-refractivity contribution is 7.91. The molecule has 2 fully saturated rings. The van der Waals surface area contributed by atoms with Crippen LogP contribution in [-0.4, -0.2) is 51.8 Å². The summed E-state index contributed by atoms with van der Waals surface area (Å²) in [6.45, 7) is 0. The maximum atomic E-state index is 11.9. The van der Waals surface area contributed by atoms with Crippen LogP contribution < -0.4 is 5.32 Å². The van der Waals surface area contributed by atoms with Crippen molar-refractivity contribution in [2.75, 3.05) is 23.0 Å². The molecule has 0 spiro atoms. The van der Waals surface area contributed by atoms with Gasteiger partial charge in [-0.05, 0) is 19.3 Å². The van der Waals surface area contributed by atoms with Crippen LogP contribution in [0.15, 0.2) is 0 Å². The summed E-state index contributed by atoms with van der Waals surface area (Å²) in [6.07, 6.45) is 1.14. The maximum Gasteiger partial charge on any atom is 0.223 e. The third kappa shape index (κ3) is 3.44. The maximum absolute atomic E-state index is 11.9. The van der Waals surface area contributed by atoms with Crippen LogP contribution in [0, 0.1) is 5.92 Å². The molecule has 0 aromatic heterocycles. The molecule has 18 heavy (non-hydrogen) atoms. The second-order valence-electron chi connectivity index (χ2n) is 5.03. The molecule has 2 aliphatic heterocycles. The molecule has 8 heteroatoms. The van der Waals surface area contributed by atoms with Crippen molar-refractivity contribution in [1.29, 1.82) is 0 Å². The third-order valence-corrected chi connectivity index (χ3v) is 6.99. The quantitative estimate of drug-likeness (QED) is 0.713. The summed E-state index contributed by atoms with van der Waals surface area (Å²) in [5, 5.41) is 2.72. The Hall–Kier alpha value is -0.630. The van der Waals surface area contributed by atoms with Crippen LogP contribution in [0.25, 0.3) is 0 Å². The van der Waals surface area contributed by atoms with Gasteiger partial charge in [0, 0.05) is 12.0 Å². The Morgan fingerprint density at radius 3 is 1.94 bits per heavy atom. The van der Waals surface area contributed by atoms with Crippen molar-refractivity contribution in [3.8, 4) is 0 Å². The van der Waals surface area contributed by atoms with Crippen molar-refractivity contribution >= 4 is 25.6 Å². The van der Waals surface area contributed by atoms with Gasteiger partial charge >= 0.3 is 0 Å². The van der Waals surface area contributed by atoms with Crippen molar-refractivity contribution in [3.63, 3.8) is 0 Å². The van der Waals surface area contributed by atoms with Gasteiger partial charge in [-0.3, -0.25) is 4.79 Å². The summed E-state index contributed by atoms with van der Waals surface area (Å²) in [4.78, 5) is 11.9. The van der Waals surface area contributed by atoms with E-state index in [1.165, 1.54) is 0 Å². The van der Waals surface area contributed by atoms with E-state index in [4.69, 9.17) is 0 Å². The molecule has 1 unspecified atom stereocenters. The Bertz CT molecular complexity index is 523. The first-order chi connectivity index (χ1) is 8.27. The van der Waals surface area contributed by atoms with E-state index in [1.807, 2.05) is 0 Å². The number of nitrogens with one attached hydrogen (secondary N) is 1. The molecule has 2 heterocycles. The fourth-order valence-corrected chi connectivity index (χ4v) is 5.54. The molecular weight excluding hydrogens is 278 g/mol. The molecule has 104 valence electrons. The highest BCUT2D eigenvalue weighted by Crippen LogP contribution is 2.20. The fraction of sp³-hybridized carbons (Fsp3) is 0.900. The van der Waals surface area contributed by atoms with Crippen LogP contribution in [0.4, 0.5) is 0 Å². The summed E-state index contributed by atoms with van der Waals surface area (Å²) in [6, 6.07) is -0.305. The second-order valence-corrected chi connectivity index (χ2v) is 9.57. The molecule has 0 aromatic carbocycles. The van der Waals surface area contributed by atoms with E-state index in [2.05, 4.69) is 5.32 Å². The molecule has 1 amide bonds. The molecule has 1 atom stereocenters. The first-order valence-electron chi connectivity index (χ1n) is 5.99. The standard InChI is InChI=1S/C10H17NO5S2/c12-10(8-1-4-17(13,14)5-2-8)11-9-3-6-18(15,16)7-9/h8-9H,1-7H2,(H,11,12). The normalized spacial score (nSPS) is 31.0. The molecular formula is C10H17NO5S2. The van der Waals surface area contributed by atoms with Gasteiger partial charge in [0.2, 0.25) is 5.91 Å². The third-order valence-electron chi connectivity index (χ3n) is 3.50. The van der Waals surface area contributed by atoms with Crippen molar-refractivity contribution in [2.45, 2.75) is 25.3 Å². The van der Waals surface area contributed by atoms with Gasteiger partial charge in [-0.15, -0.1) is 0 Å². The Morgan fingerprint density at radius 2 is 1.44 bits per heavy atom. The first-order valence-corrected chi connectivity index (χ1v) is 9.63. The minimum atomic E-state index is -3.00. The summed E-state index contributed by atoms with van der Waals surface area (Å²) in [7, 11) is -5.97. The van der Waals surface area contributed by atoms with Crippen LogP contribution in [0.2, 0.25) is 0 Å². The van der Waals surface area contributed by atoms with E-state index in [0.29, 0.717) is 19.3 Å². The average molecular weight is 295 g/mol. The van der Waals surface area contributed by atoms with Crippen LogP contribution in [0.3, 0.4) is 0 Å². The summed E-state index contributed by atoms with van der Waals surface area (Å²) in [5.41, 5.74) is 0. The molecule has 2 aliphatic rings. The van der Waals surface area contributed by atoms with Crippen molar-refractivity contribution in [3.05, 3.63) is 0 Å². The second kappa shape index (κ2) is 4.80. The van der Waals surface area contributed by atoms with Gasteiger partial charge in [0.15, 0.2) is 9.84 Å². The molecule has 0 radical (unpaired) electrons. The molecule has 2 rings (SSSR count). The van der Waals surface area contributed by atoms with Crippen LogP contribution in [0.1, 0.15) is 19.3 Å². The lowest BCUT2D eigenvalue weighted by Crippen LogP contribution is -2.42. The van der Waals surface area contributed by atoms with Gasteiger partial charge in [-0.2, -0.15) is 0 Å². The predicted molar refractivity (Wildman–Crippen MR) is 66.6 cm³/mol. The highest BCUT2D eigenvalue weighted by atomic mass is 32.2. The van der Waals surface area contributed by atoms with Crippen LogP contribution >= 0.6 is 0 Å². The minimum Gasteiger partial charge on any atom is -0.352 e. The minimum absolute atomic E-state index is 0.00373. The lowest BCUT2D eigenvalue weighted by Gasteiger charge is -2.22. The smallest absolute Gasteiger partial charge is 0.223 e.